The number of aliphatic hydroxyl groups is 1. The van der Waals surface area contributed by atoms with Gasteiger partial charge in [0, 0.05) is 19.6 Å². The van der Waals surface area contributed by atoms with E-state index in [2.05, 4.69) is 5.32 Å². The lowest BCUT2D eigenvalue weighted by Crippen LogP contribution is -2.42. The third kappa shape index (κ3) is 4.71. The van der Waals surface area contributed by atoms with Crippen molar-refractivity contribution in [1.82, 2.24) is 10.2 Å². The summed E-state index contributed by atoms with van der Waals surface area (Å²) < 4.78 is 12.7. The van der Waals surface area contributed by atoms with Gasteiger partial charge in [0.25, 0.3) is 0 Å². The highest BCUT2D eigenvalue weighted by Crippen LogP contribution is 2.02. The van der Waals surface area contributed by atoms with E-state index in [0.29, 0.717) is 19.6 Å². The average molecular weight is 254 g/mol. The summed E-state index contributed by atoms with van der Waals surface area (Å²) in [7, 11) is 0. The number of halogens is 1. The number of carbonyl (C=O) groups is 1. The monoisotopic (exact) mass is 254 g/mol. The van der Waals surface area contributed by atoms with Gasteiger partial charge in [-0.1, -0.05) is 12.1 Å². The second-order valence-corrected chi connectivity index (χ2v) is 4.17. The molecule has 0 saturated carbocycles. The van der Waals surface area contributed by atoms with Crippen LogP contribution in [0, 0.1) is 5.82 Å². The summed E-state index contributed by atoms with van der Waals surface area (Å²) in [5.41, 5.74) is 0.831. The number of urea groups is 1. The second kappa shape index (κ2) is 6.96. The summed E-state index contributed by atoms with van der Waals surface area (Å²) in [5.74, 6) is -0.297. The van der Waals surface area contributed by atoms with Gasteiger partial charge >= 0.3 is 6.03 Å². The van der Waals surface area contributed by atoms with Crippen molar-refractivity contribution in [2.45, 2.75) is 26.5 Å². The van der Waals surface area contributed by atoms with Crippen LogP contribution in [-0.2, 0) is 6.54 Å². The Morgan fingerprint density at radius 2 is 2.06 bits per heavy atom. The molecule has 2 amide bonds. The molecule has 0 unspecified atom stereocenters. The minimum atomic E-state index is -0.554. The maximum atomic E-state index is 12.7. The Labute approximate surface area is 106 Å². The van der Waals surface area contributed by atoms with Crippen LogP contribution in [0.1, 0.15) is 19.4 Å². The van der Waals surface area contributed by atoms with Gasteiger partial charge in [-0.3, -0.25) is 0 Å². The molecule has 0 aliphatic carbocycles. The zero-order valence-electron chi connectivity index (χ0n) is 10.7. The van der Waals surface area contributed by atoms with Crippen LogP contribution in [0.5, 0.6) is 0 Å². The maximum Gasteiger partial charge on any atom is 0.317 e. The van der Waals surface area contributed by atoms with E-state index in [9.17, 15) is 14.3 Å². The summed E-state index contributed by atoms with van der Waals surface area (Å²) in [6.07, 6.45) is -0.554. The van der Waals surface area contributed by atoms with E-state index in [-0.39, 0.29) is 11.8 Å². The van der Waals surface area contributed by atoms with E-state index >= 15 is 0 Å². The Morgan fingerprint density at radius 3 is 2.56 bits per heavy atom. The molecular weight excluding hydrogens is 235 g/mol. The number of carbonyl (C=O) groups excluding carboxylic acids is 1. The van der Waals surface area contributed by atoms with E-state index in [0.717, 1.165) is 5.56 Å². The quantitative estimate of drug-likeness (QED) is 0.841. The molecule has 1 aromatic rings. The highest BCUT2D eigenvalue weighted by atomic mass is 19.1. The SMILES string of the molecule is CCN(C[C@H](C)O)C(=O)NCc1ccc(F)cc1. The molecule has 0 aromatic heterocycles. The summed E-state index contributed by atoms with van der Waals surface area (Å²) in [4.78, 5) is 13.3. The van der Waals surface area contributed by atoms with Crippen LogP contribution >= 0.6 is 0 Å². The number of benzene rings is 1. The van der Waals surface area contributed by atoms with Gasteiger partial charge in [0.05, 0.1) is 6.10 Å². The molecule has 0 radical (unpaired) electrons. The molecule has 0 aliphatic heterocycles. The lowest BCUT2D eigenvalue weighted by molar-refractivity contribution is 0.135. The van der Waals surface area contributed by atoms with Crippen molar-refractivity contribution >= 4 is 6.03 Å². The van der Waals surface area contributed by atoms with Gasteiger partial charge in [0.1, 0.15) is 5.82 Å². The molecule has 1 aromatic carbocycles. The zero-order valence-corrected chi connectivity index (χ0v) is 10.7. The van der Waals surface area contributed by atoms with Crippen molar-refractivity contribution < 1.29 is 14.3 Å². The fraction of sp³-hybridized carbons (Fsp3) is 0.462. The Hall–Kier alpha value is -1.62. The Bertz CT molecular complexity index is 379. The molecule has 0 saturated heterocycles. The van der Waals surface area contributed by atoms with Crippen molar-refractivity contribution in [1.29, 1.82) is 0 Å². The number of amides is 2. The number of aliphatic hydroxyl groups excluding tert-OH is 1. The zero-order chi connectivity index (χ0) is 13.5. The maximum absolute atomic E-state index is 12.7. The molecule has 5 heteroatoms. The van der Waals surface area contributed by atoms with Gasteiger partial charge in [-0.2, -0.15) is 0 Å². The van der Waals surface area contributed by atoms with Crippen molar-refractivity contribution in [2.24, 2.45) is 0 Å². The van der Waals surface area contributed by atoms with Crippen LogP contribution in [0.15, 0.2) is 24.3 Å². The first kappa shape index (κ1) is 14.4. The Morgan fingerprint density at radius 1 is 1.44 bits per heavy atom. The van der Waals surface area contributed by atoms with Crippen molar-refractivity contribution in [3.05, 3.63) is 35.6 Å². The summed E-state index contributed by atoms with van der Waals surface area (Å²) in [6, 6.07) is 5.73. The molecule has 0 spiro atoms. The number of hydrogen-bond acceptors (Lipinski definition) is 2. The molecular formula is C13H19FN2O2. The summed E-state index contributed by atoms with van der Waals surface area (Å²) >= 11 is 0. The molecule has 0 fully saturated rings. The van der Waals surface area contributed by atoms with Crippen LogP contribution in [-0.4, -0.2) is 35.2 Å². The smallest absolute Gasteiger partial charge is 0.317 e. The number of nitrogens with zero attached hydrogens (tertiary/aromatic N) is 1. The van der Waals surface area contributed by atoms with E-state index in [1.807, 2.05) is 6.92 Å². The second-order valence-electron chi connectivity index (χ2n) is 4.17. The topological polar surface area (TPSA) is 52.6 Å². The first-order valence-corrected chi connectivity index (χ1v) is 5.98. The molecule has 4 nitrogen and oxygen atoms in total. The van der Waals surface area contributed by atoms with E-state index in [1.54, 1.807) is 19.1 Å². The predicted molar refractivity (Wildman–Crippen MR) is 67.6 cm³/mol. The first-order chi connectivity index (χ1) is 8.52. The van der Waals surface area contributed by atoms with Gasteiger partial charge in [0.2, 0.25) is 0 Å². The average Bonchev–Trinajstić information content (AvgIpc) is 2.34. The minimum absolute atomic E-state index is 0.234. The van der Waals surface area contributed by atoms with E-state index in [4.69, 9.17) is 0 Å². The van der Waals surface area contributed by atoms with Crippen LogP contribution in [0.2, 0.25) is 0 Å². The fourth-order valence-electron chi connectivity index (χ4n) is 1.57. The van der Waals surface area contributed by atoms with Crippen molar-refractivity contribution in [3.8, 4) is 0 Å². The molecule has 1 atom stereocenters. The number of hydrogen-bond donors (Lipinski definition) is 2. The lowest BCUT2D eigenvalue weighted by Gasteiger charge is -2.22. The predicted octanol–water partition coefficient (Wildman–Crippen LogP) is 1.74. The molecule has 1 rings (SSSR count). The summed E-state index contributed by atoms with van der Waals surface area (Å²) in [6.45, 7) is 4.65. The molecule has 0 aliphatic rings. The van der Waals surface area contributed by atoms with Gasteiger partial charge in [0.15, 0.2) is 0 Å². The molecule has 0 heterocycles. The van der Waals surface area contributed by atoms with E-state index in [1.165, 1.54) is 17.0 Å². The molecule has 18 heavy (non-hydrogen) atoms. The van der Waals surface area contributed by atoms with Crippen molar-refractivity contribution in [3.63, 3.8) is 0 Å². The summed E-state index contributed by atoms with van der Waals surface area (Å²) in [5, 5.41) is 12.0. The van der Waals surface area contributed by atoms with Crippen LogP contribution in [0.25, 0.3) is 0 Å². The fourth-order valence-corrected chi connectivity index (χ4v) is 1.57. The number of rotatable bonds is 5. The third-order valence-corrected chi connectivity index (χ3v) is 2.51. The van der Waals surface area contributed by atoms with Crippen molar-refractivity contribution in [2.75, 3.05) is 13.1 Å². The molecule has 2 N–H and O–H groups in total. The van der Waals surface area contributed by atoms with Gasteiger partial charge in [-0.25, -0.2) is 9.18 Å². The van der Waals surface area contributed by atoms with E-state index < -0.39 is 6.10 Å². The number of nitrogens with one attached hydrogen (secondary N) is 1. The standard InChI is InChI=1S/C13H19FN2O2/c1-3-16(9-10(2)17)13(18)15-8-11-4-6-12(14)7-5-11/h4-7,10,17H,3,8-9H2,1-2H3,(H,15,18)/t10-/m0/s1. The highest BCUT2D eigenvalue weighted by molar-refractivity contribution is 5.74. The third-order valence-electron chi connectivity index (χ3n) is 2.51. The minimum Gasteiger partial charge on any atom is -0.392 e. The molecule has 100 valence electrons. The Balaban J connectivity index is 2.46. The normalized spacial score (nSPS) is 12.0. The van der Waals surface area contributed by atoms with Crippen LogP contribution < -0.4 is 5.32 Å². The number of likely N-dealkylation sites (N-methyl/N-ethyl adjacent to an activating group) is 1. The Kier molecular flexibility index (Phi) is 5.58. The first-order valence-electron chi connectivity index (χ1n) is 5.98. The van der Waals surface area contributed by atoms with Crippen LogP contribution in [0.3, 0.4) is 0 Å². The van der Waals surface area contributed by atoms with Gasteiger partial charge in [-0.15, -0.1) is 0 Å². The van der Waals surface area contributed by atoms with Gasteiger partial charge < -0.3 is 15.3 Å². The molecule has 0 bridgehead atoms. The van der Waals surface area contributed by atoms with Gasteiger partial charge in [-0.05, 0) is 31.5 Å². The lowest BCUT2D eigenvalue weighted by atomic mass is 10.2. The highest BCUT2D eigenvalue weighted by Gasteiger charge is 2.12. The largest absolute Gasteiger partial charge is 0.392 e. The van der Waals surface area contributed by atoms with Crippen LogP contribution in [0.4, 0.5) is 9.18 Å².